The molecule has 0 aliphatic heterocycles. The van der Waals surface area contributed by atoms with Crippen LogP contribution in [0.15, 0.2) is 53.8 Å². The molecule has 1 aromatic heterocycles. The molecular formula is C24H28N4O. The number of nitrogens with zero attached hydrogens (tertiary/aromatic N) is 3. The van der Waals surface area contributed by atoms with E-state index in [0.29, 0.717) is 18.1 Å². The van der Waals surface area contributed by atoms with Gasteiger partial charge in [-0.05, 0) is 50.3 Å². The number of nitriles is 1. The molecule has 150 valence electrons. The maximum atomic E-state index is 9.29. The van der Waals surface area contributed by atoms with Crippen LogP contribution in [0.1, 0.15) is 44.9 Å². The fourth-order valence-corrected chi connectivity index (χ4v) is 3.79. The van der Waals surface area contributed by atoms with Gasteiger partial charge in [0, 0.05) is 29.3 Å². The minimum atomic E-state index is -0.318. The molecule has 29 heavy (non-hydrogen) atoms. The Labute approximate surface area is 172 Å². The van der Waals surface area contributed by atoms with Crippen LogP contribution in [0.5, 0.6) is 0 Å². The molecule has 0 bridgehead atoms. The van der Waals surface area contributed by atoms with Gasteiger partial charge in [-0.25, -0.2) is 0 Å². The molecule has 0 radical (unpaired) electrons. The van der Waals surface area contributed by atoms with E-state index in [1.54, 1.807) is 0 Å². The van der Waals surface area contributed by atoms with Crippen molar-refractivity contribution in [3.05, 3.63) is 59.9 Å². The molecule has 1 saturated carbocycles. The second-order valence-corrected chi connectivity index (χ2v) is 7.90. The van der Waals surface area contributed by atoms with Crippen molar-refractivity contribution in [1.29, 1.82) is 5.26 Å². The summed E-state index contributed by atoms with van der Waals surface area (Å²) < 4.78 is 0. The molecule has 2 N–H and O–H groups in total. The van der Waals surface area contributed by atoms with Crippen molar-refractivity contribution in [3.8, 4) is 17.2 Å². The molecule has 0 amide bonds. The normalized spacial score (nSPS) is 25.8. The fourth-order valence-electron chi connectivity index (χ4n) is 3.79. The SMILES string of the molecule is CCO/N=C1/CC(/C=C/c2ccc(-c3ccccc3C#N)cn2)C(C)C(C)(N)C1. The number of allylic oxidation sites excluding steroid dienone is 1. The summed E-state index contributed by atoms with van der Waals surface area (Å²) in [7, 11) is 0. The summed E-state index contributed by atoms with van der Waals surface area (Å²) in [6, 6.07) is 13.8. The van der Waals surface area contributed by atoms with E-state index in [1.165, 1.54) is 0 Å². The van der Waals surface area contributed by atoms with Gasteiger partial charge in [-0.2, -0.15) is 5.26 Å². The molecule has 0 spiro atoms. The lowest BCUT2D eigenvalue weighted by molar-refractivity contribution is 0.151. The predicted molar refractivity (Wildman–Crippen MR) is 117 cm³/mol. The molecule has 1 fully saturated rings. The standard InChI is InChI=1S/C24H28N4O/c1-4-29-28-22-13-18(17(2)24(3,26)14-22)9-11-21-12-10-20(16-27-21)23-8-6-5-7-19(23)15-25/h5-12,16-18H,4,13-14,26H2,1-3H3/b11-9+,28-22-. The average Bonchev–Trinajstić information content (AvgIpc) is 2.73. The largest absolute Gasteiger partial charge is 0.396 e. The van der Waals surface area contributed by atoms with E-state index in [2.05, 4.69) is 36.1 Å². The van der Waals surface area contributed by atoms with E-state index >= 15 is 0 Å². The number of aromatic nitrogens is 1. The molecule has 5 nitrogen and oxygen atoms in total. The smallest absolute Gasteiger partial charge is 0.114 e. The molecule has 3 atom stereocenters. The summed E-state index contributed by atoms with van der Waals surface area (Å²) in [4.78, 5) is 9.82. The summed E-state index contributed by atoms with van der Waals surface area (Å²) in [6.07, 6.45) is 7.64. The van der Waals surface area contributed by atoms with Crippen LogP contribution in [-0.4, -0.2) is 22.8 Å². The summed E-state index contributed by atoms with van der Waals surface area (Å²) in [5.41, 5.74) is 10.6. The molecule has 1 aliphatic rings. The number of nitrogens with two attached hydrogens (primary N) is 1. The van der Waals surface area contributed by atoms with Crippen molar-refractivity contribution in [1.82, 2.24) is 4.98 Å². The molecule has 0 saturated heterocycles. The Balaban J connectivity index is 1.77. The van der Waals surface area contributed by atoms with E-state index in [-0.39, 0.29) is 11.5 Å². The first kappa shape index (κ1) is 20.8. The van der Waals surface area contributed by atoms with Crippen LogP contribution in [0.3, 0.4) is 0 Å². The summed E-state index contributed by atoms with van der Waals surface area (Å²) in [5.74, 6) is 0.597. The first-order chi connectivity index (χ1) is 13.9. The highest BCUT2D eigenvalue weighted by atomic mass is 16.6. The average molecular weight is 389 g/mol. The lowest BCUT2D eigenvalue weighted by Gasteiger charge is -2.41. The topological polar surface area (TPSA) is 84.3 Å². The highest BCUT2D eigenvalue weighted by Gasteiger charge is 2.38. The first-order valence-corrected chi connectivity index (χ1v) is 10.0. The quantitative estimate of drug-likeness (QED) is 0.746. The van der Waals surface area contributed by atoms with Gasteiger partial charge in [-0.1, -0.05) is 42.4 Å². The first-order valence-electron chi connectivity index (χ1n) is 10.0. The van der Waals surface area contributed by atoms with Crippen LogP contribution in [-0.2, 0) is 4.84 Å². The van der Waals surface area contributed by atoms with Crippen LogP contribution in [0, 0.1) is 23.2 Å². The van der Waals surface area contributed by atoms with Gasteiger partial charge in [0.25, 0.3) is 0 Å². The molecule has 3 unspecified atom stereocenters. The molecule has 1 aliphatic carbocycles. The Morgan fingerprint density at radius 1 is 1.34 bits per heavy atom. The zero-order chi connectivity index (χ0) is 20.9. The Morgan fingerprint density at radius 3 is 2.83 bits per heavy atom. The maximum absolute atomic E-state index is 9.29. The van der Waals surface area contributed by atoms with Gasteiger partial charge < -0.3 is 10.6 Å². The van der Waals surface area contributed by atoms with E-state index < -0.39 is 0 Å². The molecule has 1 heterocycles. The Kier molecular flexibility index (Phi) is 6.46. The van der Waals surface area contributed by atoms with Crippen LogP contribution in [0.25, 0.3) is 17.2 Å². The van der Waals surface area contributed by atoms with Crippen LogP contribution < -0.4 is 5.73 Å². The summed E-state index contributed by atoms with van der Waals surface area (Å²) in [5, 5.41) is 13.6. The van der Waals surface area contributed by atoms with Crippen molar-refractivity contribution < 1.29 is 4.84 Å². The maximum Gasteiger partial charge on any atom is 0.114 e. The highest BCUT2D eigenvalue weighted by molar-refractivity contribution is 5.86. The second kappa shape index (κ2) is 9.02. The van der Waals surface area contributed by atoms with Crippen molar-refractivity contribution in [3.63, 3.8) is 0 Å². The number of hydrogen-bond acceptors (Lipinski definition) is 5. The minimum absolute atomic E-state index is 0.277. The zero-order valence-corrected chi connectivity index (χ0v) is 17.3. The molecule has 2 aromatic rings. The third-order valence-corrected chi connectivity index (χ3v) is 5.72. The van der Waals surface area contributed by atoms with Gasteiger partial charge in [0.15, 0.2) is 0 Å². The lowest BCUT2D eigenvalue weighted by atomic mass is 9.68. The van der Waals surface area contributed by atoms with Gasteiger partial charge >= 0.3 is 0 Å². The second-order valence-electron chi connectivity index (χ2n) is 7.90. The van der Waals surface area contributed by atoms with Gasteiger partial charge in [0.1, 0.15) is 6.61 Å². The van der Waals surface area contributed by atoms with Crippen molar-refractivity contribution >= 4 is 11.8 Å². The summed E-state index contributed by atoms with van der Waals surface area (Å²) in [6.45, 7) is 6.77. The number of benzene rings is 1. The van der Waals surface area contributed by atoms with Crippen LogP contribution in [0.2, 0.25) is 0 Å². The number of hydrogen-bond donors (Lipinski definition) is 1. The van der Waals surface area contributed by atoms with Gasteiger partial charge in [-0.15, -0.1) is 0 Å². The third-order valence-electron chi connectivity index (χ3n) is 5.72. The van der Waals surface area contributed by atoms with Gasteiger partial charge in [0.05, 0.1) is 23.0 Å². The van der Waals surface area contributed by atoms with Gasteiger partial charge in [-0.3, -0.25) is 4.98 Å². The zero-order valence-electron chi connectivity index (χ0n) is 17.3. The number of rotatable bonds is 5. The monoisotopic (exact) mass is 388 g/mol. The molecule has 5 heteroatoms. The molecule has 3 rings (SSSR count). The Hall–Kier alpha value is -2.97. The van der Waals surface area contributed by atoms with Crippen molar-refractivity contribution in [2.24, 2.45) is 22.7 Å². The lowest BCUT2D eigenvalue weighted by Crippen LogP contribution is -2.51. The number of pyridine rings is 1. The summed E-state index contributed by atoms with van der Waals surface area (Å²) >= 11 is 0. The predicted octanol–water partition coefficient (Wildman–Crippen LogP) is 4.79. The fraction of sp³-hybridized carbons (Fsp3) is 0.375. The van der Waals surface area contributed by atoms with E-state index in [0.717, 1.165) is 35.4 Å². The third kappa shape index (κ3) is 4.90. The minimum Gasteiger partial charge on any atom is -0.396 e. The van der Waals surface area contributed by atoms with Crippen LogP contribution >= 0.6 is 0 Å². The van der Waals surface area contributed by atoms with Crippen molar-refractivity contribution in [2.45, 2.75) is 39.2 Å². The van der Waals surface area contributed by atoms with Gasteiger partial charge in [0.2, 0.25) is 0 Å². The Morgan fingerprint density at radius 2 is 2.14 bits per heavy atom. The number of oxime groups is 1. The Bertz CT molecular complexity index is 938. The van der Waals surface area contributed by atoms with E-state index in [9.17, 15) is 5.26 Å². The van der Waals surface area contributed by atoms with Crippen molar-refractivity contribution in [2.75, 3.05) is 6.61 Å². The van der Waals surface area contributed by atoms with Crippen LogP contribution in [0.4, 0.5) is 0 Å². The molecule has 1 aromatic carbocycles. The van der Waals surface area contributed by atoms with E-state index in [1.807, 2.05) is 55.6 Å². The highest BCUT2D eigenvalue weighted by Crippen LogP contribution is 2.36. The molecular weight excluding hydrogens is 360 g/mol. The van der Waals surface area contributed by atoms with E-state index in [4.69, 9.17) is 10.6 Å².